The number of amides is 1. The van der Waals surface area contributed by atoms with E-state index in [9.17, 15) is 9.18 Å². The van der Waals surface area contributed by atoms with Gasteiger partial charge in [-0.1, -0.05) is 36.1 Å². The number of halogens is 2. The molecule has 2 aromatic carbocycles. The SMILES string of the molecule is C=CC(=O)Nc1cc2c(Nc3cccc(Cl)c3F)ncnc2cc1C#CC1[C@H]2CN(C)C[C@@H]12. The van der Waals surface area contributed by atoms with E-state index in [4.69, 9.17) is 11.6 Å². The molecule has 1 unspecified atom stereocenters. The van der Waals surface area contributed by atoms with Crippen LogP contribution in [0.1, 0.15) is 5.56 Å². The van der Waals surface area contributed by atoms with Gasteiger partial charge in [0.1, 0.15) is 12.1 Å². The number of rotatable bonds is 4. The van der Waals surface area contributed by atoms with E-state index in [2.05, 4.69) is 51.0 Å². The molecule has 1 saturated carbocycles. The molecular weight excluding hydrogens is 441 g/mol. The summed E-state index contributed by atoms with van der Waals surface area (Å²) in [6.45, 7) is 5.67. The van der Waals surface area contributed by atoms with Gasteiger partial charge in [-0.05, 0) is 49.2 Å². The molecule has 1 saturated heterocycles. The average Bonchev–Trinajstić information content (AvgIpc) is 3.27. The van der Waals surface area contributed by atoms with Crippen molar-refractivity contribution in [3.63, 3.8) is 0 Å². The van der Waals surface area contributed by atoms with E-state index in [0.717, 1.165) is 13.1 Å². The molecular formula is C25H21ClFN5O. The van der Waals surface area contributed by atoms with Crippen molar-refractivity contribution >= 4 is 45.6 Å². The first kappa shape index (κ1) is 21.4. The van der Waals surface area contributed by atoms with Crippen LogP contribution in [0.3, 0.4) is 0 Å². The fraction of sp³-hybridized carbons (Fsp3) is 0.240. The van der Waals surface area contributed by atoms with Crippen LogP contribution in [-0.2, 0) is 4.79 Å². The predicted molar refractivity (Wildman–Crippen MR) is 128 cm³/mol. The maximum Gasteiger partial charge on any atom is 0.247 e. The summed E-state index contributed by atoms with van der Waals surface area (Å²) in [5.74, 6) is 7.72. The number of carbonyl (C=O) groups excluding carboxylic acids is 1. The summed E-state index contributed by atoms with van der Waals surface area (Å²) in [7, 11) is 2.13. The Bertz CT molecular complexity index is 1340. The van der Waals surface area contributed by atoms with Crippen LogP contribution in [0.4, 0.5) is 21.6 Å². The van der Waals surface area contributed by atoms with Crippen LogP contribution < -0.4 is 10.6 Å². The van der Waals surface area contributed by atoms with Gasteiger partial charge in [-0.2, -0.15) is 0 Å². The molecule has 0 radical (unpaired) electrons. The van der Waals surface area contributed by atoms with E-state index in [0.29, 0.717) is 45.7 Å². The maximum absolute atomic E-state index is 14.4. The Hall–Kier alpha value is -3.47. The summed E-state index contributed by atoms with van der Waals surface area (Å²) in [4.78, 5) is 23.0. The van der Waals surface area contributed by atoms with E-state index in [-0.39, 0.29) is 16.6 Å². The molecule has 8 heteroatoms. The van der Waals surface area contributed by atoms with Crippen molar-refractivity contribution in [3.05, 3.63) is 65.7 Å². The lowest BCUT2D eigenvalue weighted by atomic mass is 10.1. The summed E-state index contributed by atoms with van der Waals surface area (Å²) < 4.78 is 14.4. The third kappa shape index (κ3) is 4.15. The Labute approximate surface area is 195 Å². The maximum atomic E-state index is 14.4. The molecule has 0 bridgehead atoms. The first-order valence-corrected chi connectivity index (χ1v) is 11.0. The van der Waals surface area contributed by atoms with Crippen LogP contribution in [0.25, 0.3) is 10.9 Å². The van der Waals surface area contributed by atoms with E-state index in [1.807, 2.05) is 6.07 Å². The summed E-state index contributed by atoms with van der Waals surface area (Å²) in [6, 6.07) is 8.24. The molecule has 2 heterocycles. The second-order valence-corrected chi connectivity index (χ2v) is 8.81. The highest BCUT2D eigenvalue weighted by atomic mass is 35.5. The van der Waals surface area contributed by atoms with Crippen LogP contribution in [0.15, 0.2) is 49.3 Å². The van der Waals surface area contributed by atoms with E-state index in [1.165, 1.54) is 18.5 Å². The highest BCUT2D eigenvalue weighted by Gasteiger charge is 2.53. The molecule has 1 aliphatic heterocycles. The van der Waals surface area contributed by atoms with Gasteiger partial charge in [-0.15, -0.1) is 0 Å². The summed E-state index contributed by atoms with van der Waals surface area (Å²) >= 11 is 5.90. The molecule has 1 aliphatic carbocycles. The third-order valence-electron chi connectivity index (χ3n) is 6.17. The monoisotopic (exact) mass is 461 g/mol. The van der Waals surface area contributed by atoms with Crippen LogP contribution in [0, 0.1) is 35.4 Å². The van der Waals surface area contributed by atoms with Crippen molar-refractivity contribution in [1.82, 2.24) is 14.9 Å². The van der Waals surface area contributed by atoms with Crippen molar-refractivity contribution in [2.24, 2.45) is 17.8 Å². The van der Waals surface area contributed by atoms with Crippen LogP contribution in [0.5, 0.6) is 0 Å². The Kier molecular flexibility index (Phi) is 5.49. The molecule has 2 N–H and O–H groups in total. The molecule has 5 rings (SSSR count). The van der Waals surface area contributed by atoms with Gasteiger partial charge < -0.3 is 15.5 Å². The fourth-order valence-corrected chi connectivity index (χ4v) is 4.61. The molecule has 3 atom stereocenters. The molecule has 2 fully saturated rings. The van der Waals surface area contributed by atoms with Crippen molar-refractivity contribution < 1.29 is 9.18 Å². The molecule has 1 amide bonds. The number of hydrogen-bond donors (Lipinski definition) is 2. The first-order valence-electron chi connectivity index (χ1n) is 10.6. The minimum atomic E-state index is -0.575. The number of benzene rings is 2. The largest absolute Gasteiger partial charge is 0.337 e. The van der Waals surface area contributed by atoms with Crippen molar-refractivity contribution in [3.8, 4) is 11.8 Å². The van der Waals surface area contributed by atoms with Crippen molar-refractivity contribution in [2.75, 3.05) is 30.8 Å². The van der Waals surface area contributed by atoms with Crippen LogP contribution in [0.2, 0.25) is 5.02 Å². The lowest BCUT2D eigenvalue weighted by Crippen LogP contribution is -2.18. The van der Waals surface area contributed by atoms with E-state index < -0.39 is 5.82 Å². The summed E-state index contributed by atoms with van der Waals surface area (Å²) in [5, 5.41) is 6.41. The number of aromatic nitrogens is 2. The summed E-state index contributed by atoms with van der Waals surface area (Å²) in [5.41, 5.74) is 1.99. The molecule has 2 aliphatic rings. The first-order chi connectivity index (χ1) is 15.9. The van der Waals surface area contributed by atoms with Crippen molar-refractivity contribution in [1.29, 1.82) is 0 Å². The Morgan fingerprint density at radius 2 is 2.06 bits per heavy atom. The minimum Gasteiger partial charge on any atom is -0.337 e. The van der Waals surface area contributed by atoms with E-state index >= 15 is 0 Å². The number of nitrogens with zero attached hydrogens (tertiary/aromatic N) is 3. The van der Waals surface area contributed by atoms with Gasteiger partial charge in [0.05, 0.1) is 27.5 Å². The number of likely N-dealkylation sites (tertiary alicyclic amines) is 1. The molecule has 0 spiro atoms. The molecule has 3 aromatic rings. The van der Waals surface area contributed by atoms with Gasteiger partial charge in [-0.3, -0.25) is 4.79 Å². The Morgan fingerprint density at radius 3 is 2.82 bits per heavy atom. The minimum absolute atomic E-state index is 0.00546. The highest BCUT2D eigenvalue weighted by molar-refractivity contribution is 6.31. The van der Waals surface area contributed by atoms with E-state index in [1.54, 1.807) is 18.2 Å². The van der Waals surface area contributed by atoms with Crippen LogP contribution >= 0.6 is 11.6 Å². The third-order valence-corrected chi connectivity index (χ3v) is 6.46. The molecule has 33 heavy (non-hydrogen) atoms. The van der Waals surface area contributed by atoms with Gasteiger partial charge in [0.2, 0.25) is 5.91 Å². The van der Waals surface area contributed by atoms with Gasteiger partial charge in [-0.25, -0.2) is 14.4 Å². The number of anilines is 3. The second kappa shape index (κ2) is 8.47. The number of hydrogen-bond acceptors (Lipinski definition) is 5. The quantitative estimate of drug-likeness (QED) is 0.444. The van der Waals surface area contributed by atoms with Crippen molar-refractivity contribution in [2.45, 2.75) is 0 Å². The highest BCUT2D eigenvalue weighted by Crippen LogP contribution is 2.50. The zero-order valence-corrected chi connectivity index (χ0v) is 18.7. The molecule has 166 valence electrons. The Balaban J connectivity index is 1.53. The second-order valence-electron chi connectivity index (χ2n) is 8.40. The topological polar surface area (TPSA) is 70.1 Å². The number of piperidine rings is 1. The average molecular weight is 462 g/mol. The standard InChI is InChI=1S/C25H21ClFN5O/c1-3-23(33)30-21-10-16-22(9-14(21)7-8-15-17-11-32(2)12-18(15)17)28-13-29-25(16)31-20-6-4-5-19(26)24(20)27/h3-6,9-10,13,15,17-18H,1,11-12H2,2H3,(H,30,33)(H,28,29,31)/t15?,17-,18+. The number of carbonyl (C=O) groups is 1. The number of nitrogens with one attached hydrogen (secondary N) is 2. The van der Waals surface area contributed by atoms with Gasteiger partial charge in [0, 0.05) is 24.4 Å². The molecule has 6 nitrogen and oxygen atoms in total. The van der Waals surface area contributed by atoms with Crippen LogP contribution in [-0.4, -0.2) is 40.9 Å². The lowest BCUT2D eigenvalue weighted by molar-refractivity contribution is -0.111. The zero-order chi connectivity index (χ0) is 23.1. The van der Waals surface area contributed by atoms with Gasteiger partial charge >= 0.3 is 0 Å². The lowest BCUT2D eigenvalue weighted by Gasteiger charge is -2.13. The number of fused-ring (bicyclic) bond motifs is 2. The normalized spacial score (nSPS) is 21.1. The Morgan fingerprint density at radius 1 is 1.27 bits per heavy atom. The fourth-order valence-electron chi connectivity index (χ4n) is 4.43. The van der Waals surface area contributed by atoms with Gasteiger partial charge in [0.15, 0.2) is 5.82 Å². The van der Waals surface area contributed by atoms with Gasteiger partial charge in [0.25, 0.3) is 0 Å². The summed E-state index contributed by atoms with van der Waals surface area (Å²) in [6.07, 6.45) is 2.60. The molecule has 1 aromatic heterocycles. The smallest absolute Gasteiger partial charge is 0.247 e. The zero-order valence-electron chi connectivity index (χ0n) is 17.9. The predicted octanol–water partition coefficient (Wildman–Crippen LogP) is 4.45.